The molecule has 19 heavy (non-hydrogen) atoms. The van der Waals surface area contributed by atoms with Crippen LogP contribution in [0.4, 0.5) is 0 Å². The maximum absolute atomic E-state index is 9.48. The molecule has 1 aromatic rings. The van der Waals surface area contributed by atoms with Crippen LogP contribution in [-0.2, 0) is 15.9 Å². The van der Waals surface area contributed by atoms with E-state index in [-0.39, 0.29) is 18.7 Å². The van der Waals surface area contributed by atoms with Crippen molar-refractivity contribution in [3.63, 3.8) is 0 Å². The molecule has 0 aromatic heterocycles. The molecule has 106 valence electrons. The van der Waals surface area contributed by atoms with Crippen LogP contribution in [0.25, 0.3) is 0 Å². The summed E-state index contributed by atoms with van der Waals surface area (Å²) in [6, 6.07) is 10.3. The molecule has 0 aliphatic carbocycles. The molecule has 0 spiro atoms. The summed E-state index contributed by atoms with van der Waals surface area (Å²) in [5, 5.41) is 12.9. The molecule has 1 aromatic carbocycles. The quantitative estimate of drug-likeness (QED) is 0.843. The van der Waals surface area contributed by atoms with Crippen molar-refractivity contribution in [2.24, 2.45) is 0 Å². The Bertz CT molecular complexity index is 370. The van der Waals surface area contributed by atoms with Gasteiger partial charge in [-0.1, -0.05) is 30.3 Å². The molecule has 0 bridgehead atoms. The van der Waals surface area contributed by atoms with Gasteiger partial charge in [-0.2, -0.15) is 0 Å². The SMILES string of the molecule is CC1(C)OCC(NC(CO)Cc2ccccc2)CO1. The minimum Gasteiger partial charge on any atom is -0.395 e. The Morgan fingerprint density at radius 3 is 2.47 bits per heavy atom. The third-order valence-electron chi connectivity index (χ3n) is 3.28. The summed E-state index contributed by atoms with van der Waals surface area (Å²) in [4.78, 5) is 0. The monoisotopic (exact) mass is 265 g/mol. The smallest absolute Gasteiger partial charge is 0.162 e. The lowest BCUT2D eigenvalue weighted by Crippen LogP contribution is -2.52. The zero-order valence-corrected chi connectivity index (χ0v) is 11.6. The van der Waals surface area contributed by atoms with Crippen molar-refractivity contribution >= 4 is 0 Å². The molecule has 0 radical (unpaired) electrons. The van der Waals surface area contributed by atoms with Crippen LogP contribution in [-0.4, -0.2) is 42.8 Å². The van der Waals surface area contributed by atoms with Gasteiger partial charge in [-0.3, -0.25) is 0 Å². The number of benzene rings is 1. The Kier molecular flexibility index (Phi) is 4.93. The van der Waals surface area contributed by atoms with Crippen molar-refractivity contribution in [3.8, 4) is 0 Å². The van der Waals surface area contributed by atoms with E-state index in [1.165, 1.54) is 5.56 Å². The topological polar surface area (TPSA) is 50.7 Å². The molecule has 4 nitrogen and oxygen atoms in total. The molecule has 1 aliphatic heterocycles. The zero-order chi connectivity index (χ0) is 13.7. The van der Waals surface area contributed by atoms with Crippen LogP contribution in [0, 0.1) is 0 Å². The number of hydrogen-bond donors (Lipinski definition) is 2. The van der Waals surface area contributed by atoms with E-state index in [0.29, 0.717) is 13.2 Å². The first-order chi connectivity index (χ1) is 9.09. The van der Waals surface area contributed by atoms with E-state index < -0.39 is 5.79 Å². The fraction of sp³-hybridized carbons (Fsp3) is 0.600. The molecule has 0 saturated carbocycles. The number of aliphatic hydroxyl groups is 1. The minimum atomic E-state index is -0.494. The highest BCUT2D eigenvalue weighted by Crippen LogP contribution is 2.17. The van der Waals surface area contributed by atoms with Gasteiger partial charge in [0, 0.05) is 6.04 Å². The average molecular weight is 265 g/mol. The van der Waals surface area contributed by atoms with Crippen molar-refractivity contribution < 1.29 is 14.6 Å². The van der Waals surface area contributed by atoms with E-state index in [1.54, 1.807) is 0 Å². The number of rotatable bonds is 5. The van der Waals surface area contributed by atoms with Crippen LogP contribution in [0.15, 0.2) is 30.3 Å². The summed E-state index contributed by atoms with van der Waals surface area (Å²) >= 11 is 0. The Labute approximate surface area is 114 Å². The lowest BCUT2D eigenvalue weighted by molar-refractivity contribution is -0.253. The second-order valence-electron chi connectivity index (χ2n) is 5.45. The Morgan fingerprint density at radius 2 is 1.89 bits per heavy atom. The van der Waals surface area contributed by atoms with E-state index in [9.17, 15) is 5.11 Å². The van der Waals surface area contributed by atoms with Gasteiger partial charge in [0.2, 0.25) is 0 Å². The van der Waals surface area contributed by atoms with Gasteiger partial charge in [0.15, 0.2) is 5.79 Å². The summed E-state index contributed by atoms with van der Waals surface area (Å²) in [6.07, 6.45) is 0.803. The van der Waals surface area contributed by atoms with Gasteiger partial charge in [0.05, 0.1) is 25.9 Å². The first-order valence-corrected chi connectivity index (χ1v) is 6.78. The maximum atomic E-state index is 9.48. The molecule has 1 atom stereocenters. The highest BCUT2D eigenvalue weighted by atomic mass is 16.7. The molecule has 1 aliphatic rings. The summed E-state index contributed by atoms with van der Waals surface area (Å²) in [5.74, 6) is -0.494. The molecule has 0 amide bonds. The summed E-state index contributed by atoms with van der Waals surface area (Å²) < 4.78 is 11.2. The van der Waals surface area contributed by atoms with Crippen LogP contribution >= 0.6 is 0 Å². The standard InChI is InChI=1S/C15H23NO3/c1-15(2)18-10-14(11-19-15)16-13(9-17)8-12-6-4-3-5-7-12/h3-7,13-14,16-17H,8-11H2,1-2H3. The second-order valence-corrected chi connectivity index (χ2v) is 5.45. The predicted molar refractivity (Wildman–Crippen MR) is 73.9 cm³/mol. The minimum absolute atomic E-state index is 0.0285. The predicted octanol–water partition coefficient (Wildman–Crippen LogP) is 1.33. The molecule has 1 heterocycles. The van der Waals surface area contributed by atoms with Crippen molar-refractivity contribution in [2.75, 3.05) is 19.8 Å². The van der Waals surface area contributed by atoms with Gasteiger partial charge in [0.1, 0.15) is 0 Å². The van der Waals surface area contributed by atoms with Crippen molar-refractivity contribution in [3.05, 3.63) is 35.9 Å². The van der Waals surface area contributed by atoms with Gasteiger partial charge in [-0.25, -0.2) is 0 Å². The van der Waals surface area contributed by atoms with Crippen LogP contribution in [0.1, 0.15) is 19.4 Å². The lowest BCUT2D eigenvalue weighted by Gasteiger charge is -2.36. The van der Waals surface area contributed by atoms with E-state index in [2.05, 4.69) is 17.4 Å². The van der Waals surface area contributed by atoms with E-state index in [0.717, 1.165) is 6.42 Å². The summed E-state index contributed by atoms with van der Waals surface area (Å²) in [5.41, 5.74) is 1.21. The van der Waals surface area contributed by atoms with Crippen molar-refractivity contribution in [2.45, 2.75) is 38.1 Å². The lowest BCUT2D eigenvalue weighted by atomic mass is 10.1. The van der Waals surface area contributed by atoms with Crippen LogP contribution in [0.3, 0.4) is 0 Å². The molecule has 2 N–H and O–H groups in total. The van der Waals surface area contributed by atoms with Gasteiger partial charge in [-0.05, 0) is 25.8 Å². The van der Waals surface area contributed by atoms with Crippen LogP contribution in [0.2, 0.25) is 0 Å². The maximum Gasteiger partial charge on any atom is 0.162 e. The number of hydrogen-bond acceptors (Lipinski definition) is 4. The fourth-order valence-electron chi connectivity index (χ4n) is 2.20. The Hall–Kier alpha value is -0.940. The van der Waals surface area contributed by atoms with E-state index in [1.807, 2.05) is 32.0 Å². The Balaban J connectivity index is 1.83. The third kappa shape index (κ3) is 4.58. The van der Waals surface area contributed by atoms with Gasteiger partial charge in [-0.15, -0.1) is 0 Å². The normalized spacial score (nSPS) is 21.2. The molecule has 1 fully saturated rings. The Morgan fingerprint density at radius 1 is 1.26 bits per heavy atom. The van der Waals surface area contributed by atoms with E-state index in [4.69, 9.17) is 9.47 Å². The molecule has 2 rings (SSSR count). The van der Waals surface area contributed by atoms with Crippen LogP contribution in [0.5, 0.6) is 0 Å². The molecular formula is C15H23NO3. The molecular weight excluding hydrogens is 242 g/mol. The fourth-order valence-corrected chi connectivity index (χ4v) is 2.20. The summed E-state index contributed by atoms with van der Waals surface area (Å²) in [6.45, 7) is 5.15. The van der Waals surface area contributed by atoms with Crippen molar-refractivity contribution in [1.82, 2.24) is 5.32 Å². The van der Waals surface area contributed by atoms with Crippen LogP contribution < -0.4 is 5.32 Å². The third-order valence-corrected chi connectivity index (χ3v) is 3.28. The largest absolute Gasteiger partial charge is 0.395 e. The zero-order valence-electron chi connectivity index (χ0n) is 11.6. The van der Waals surface area contributed by atoms with Gasteiger partial charge in [0.25, 0.3) is 0 Å². The summed E-state index contributed by atoms with van der Waals surface area (Å²) in [7, 11) is 0. The van der Waals surface area contributed by atoms with Gasteiger partial charge >= 0.3 is 0 Å². The molecule has 1 saturated heterocycles. The molecule has 4 heteroatoms. The highest BCUT2D eigenvalue weighted by Gasteiger charge is 2.29. The average Bonchev–Trinajstić information content (AvgIpc) is 2.41. The first kappa shape index (κ1) is 14.5. The number of nitrogens with one attached hydrogen (secondary N) is 1. The number of aliphatic hydroxyl groups excluding tert-OH is 1. The van der Waals surface area contributed by atoms with Crippen molar-refractivity contribution in [1.29, 1.82) is 0 Å². The first-order valence-electron chi connectivity index (χ1n) is 6.78. The number of ether oxygens (including phenoxy) is 2. The highest BCUT2D eigenvalue weighted by molar-refractivity contribution is 5.16. The second kappa shape index (κ2) is 6.48. The molecule has 1 unspecified atom stereocenters. The van der Waals surface area contributed by atoms with E-state index >= 15 is 0 Å². The van der Waals surface area contributed by atoms with Gasteiger partial charge < -0.3 is 19.9 Å².